The molecule has 0 saturated heterocycles. The van der Waals surface area contributed by atoms with E-state index in [2.05, 4.69) is 67.8 Å². The third-order valence-corrected chi connectivity index (χ3v) is 9.17. The maximum absolute atomic E-state index is 12.7. The van der Waals surface area contributed by atoms with Crippen LogP contribution in [0.15, 0.2) is 48.6 Å². The second-order valence-electron chi connectivity index (χ2n) is 14.0. The molecule has 2 atom stereocenters. The average Bonchev–Trinajstić information content (AvgIpc) is 3.11. The number of hydrogen-bond donors (Lipinski definition) is 3. The molecule has 0 aromatic heterocycles. The van der Waals surface area contributed by atoms with Gasteiger partial charge >= 0.3 is 11.9 Å². The summed E-state index contributed by atoms with van der Waals surface area (Å²) in [5, 5.41) is 11.9. The van der Waals surface area contributed by atoms with E-state index in [-0.39, 0.29) is 18.0 Å². The van der Waals surface area contributed by atoms with Gasteiger partial charge in [0.05, 0.1) is 0 Å². The first-order valence-corrected chi connectivity index (χ1v) is 21.0. The lowest BCUT2D eigenvalue weighted by atomic mass is 10.0. The van der Waals surface area contributed by atoms with Crippen LogP contribution in [-0.2, 0) is 19.1 Å². The summed E-state index contributed by atoms with van der Waals surface area (Å²) in [6.45, 7) is 4.82. The van der Waals surface area contributed by atoms with E-state index in [0.29, 0.717) is 38.6 Å². The molecular formula is C44H78N2O5. The molecule has 0 spiro atoms. The largest absolute Gasteiger partial charge is 0.480 e. The summed E-state index contributed by atoms with van der Waals surface area (Å²) in [4.78, 5) is 36.3. The molecule has 0 aliphatic rings. The van der Waals surface area contributed by atoms with E-state index in [1.807, 2.05) is 0 Å². The fourth-order valence-electron chi connectivity index (χ4n) is 6.05. The Morgan fingerprint density at radius 1 is 0.588 bits per heavy atom. The number of amides is 1. The number of carboxylic acid groups (broad SMARTS) is 1. The number of hydrogen-bond acceptors (Lipinski definition) is 5. The summed E-state index contributed by atoms with van der Waals surface area (Å²) in [6.07, 6.45) is 45.9. The summed E-state index contributed by atoms with van der Waals surface area (Å²) in [5.74, 6) is -1.32. The minimum absolute atomic E-state index is 0.0229. The van der Waals surface area contributed by atoms with E-state index in [1.54, 1.807) is 0 Å². The Morgan fingerprint density at radius 2 is 1.06 bits per heavy atom. The molecule has 1 amide bonds. The maximum atomic E-state index is 12.7. The normalized spacial score (nSPS) is 13.2. The van der Waals surface area contributed by atoms with Gasteiger partial charge in [-0.3, -0.25) is 9.59 Å². The molecule has 0 bridgehead atoms. The van der Waals surface area contributed by atoms with Crippen molar-refractivity contribution in [3.05, 3.63) is 48.6 Å². The van der Waals surface area contributed by atoms with Crippen LogP contribution >= 0.6 is 0 Å². The van der Waals surface area contributed by atoms with Gasteiger partial charge in [-0.15, -0.1) is 0 Å². The average molecular weight is 715 g/mol. The molecule has 0 saturated carbocycles. The Kier molecular flexibility index (Phi) is 36.5. The SMILES string of the molecule is CC/C=C\C/C=C\C/C=C\C/C=C\CCC(=O)OC(CCCCCCCCCCCCCC)CCCCCCCC(=O)NC(CCCN)C(=O)O. The topological polar surface area (TPSA) is 119 Å². The first-order chi connectivity index (χ1) is 24.9. The van der Waals surface area contributed by atoms with Crippen LogP contribution in [0.2, 0.25) is 0 Å². The monoisotopic (exact) mass is 715 g/mol. The second kappa shape index (κ2) is 38.6. The Morgan fingerprint density at radius 3 is 1.55 bits per heavy atom. The van der Waals surface area contributed by atoms with Crippen LogP contribution < -0.4 is 11.1 Å². The molecule has 51 heavy (non-hydrogen) atoms. The summed E-state index contributed by atoms with van der Waals surface area (Å²) in [6, 6.07) is -0.861. The minimum atomic E-state index is -1.01. The molecule has 0 aromatic carbocycles. The van der Waals surface area contributed by atoms with Crippen molar-refractivity contribution in [2.24, 2.45) is 5.73 Å². The zero-order chi connectivity index (χ0) is 37.5. The molecule has 0 fully saturated rings. The second-order valence-corrected chi connectivity index (χ2v) is 14.0. The van der Waals surface area contributed by atoms with Gasteiger partial charge in [0.25, 0.3) is 0 Å². The molecular weight excluding hydrogens is 636 g/mol. The van der Waals surface area contributed by atoms with Gasteiger partial charge in [-0.05, 0) is 83.6 Å². The number of esters is 1. The summed E-state index contributed by atoms with van der Waals surface area (Å²) >= 11 is 0. The number of nitrogens with two attached hydrogens (primary N) is 1. The van der Waals surface area contributed by atoms with E-state index < -0.39 is 12.0 Å². The number of nitrogens with one attached hydrogen (secondary N) is 1. The number of unbranched alkanes of at least 4 members (excludes halogenated alkanes) is 15. The van der Waals surface area contributed by atoms with Gasteiger partial charge in [0, 0.05) is 12.8 Å². The highest BCUT2D eigenvalue weighted by molar-refractivity contribution is 5.83. The summed E-state index contributed by atoms with van der Waals surface area (Å²) in [7, 11) is 0. The van der Waals surface area contributed by atoms with E-state index in [9.17, 15) is 19.5 Å². The molecule has 2 unspecified atom stereocenters. The minimum Gasteiger partial charge on any atom is -0.480 e. The van der Waals surface area contributed by atoms with Crippen molar-refractivity contribution < 1.29 is 24.2 Å². The predicted octanol–water partition coefficient (Wildman–Crippen LogP) is 11.6. The van der Waals surface area contributed by atoms with Crippen LogP contribution in [0.25, 0.3) is 0 Å². The number of carboxylic acids is 1. The fourth-order valence-corrected chi connectivity index (χ4v) is 6.05. The van der Waals surface area contributed by atoms with Crippen LogP contribution in [0.1, 0.15) is 194 Å². The molecule has 4 N–H and O–H groups in total. The number of aliphatic carboxylic acids is 1. The van der Waals surface area contributed by atoms with Gasteiger partial charge in [0.1, 0.15) is 12.1 Å². The number of ether oxygens (including phenoxy) is 1. The highest BCUT2D eigenvalue weighted by Crippen LogP contribution is 2.18. The Hall–Kier alpha value is -2.67. The Balaban J connectivity index is 4.44. The standard InChI is InChI=1S/C44H78N2O5/c1-3-5-7-9-11-13-15-17-19-21-23-28-32-38-43(48)51-40(34-29-25-22-20-18-16-14-12-10-8-6-4-2)35-30-26-24-27-31-37-42(47)46-41(44(49)50)36-33-39-45/h5,7,11,13,17,19,23,28,40-41H,3-4,6,8-10,12,14-16,18,20-22,24-27,29-39,45H2,1-2H3,(H,46,47)(H,49,50)/b7-5-,13-11-,19-17-,28-23-. The van der Waals surface area contributed by atoms with E-state index in [0.717, 1.165) is 77.0 Å². The first kappa shape index (κ1) is 48.3. The molecule has 294 valence electrons. The molecule has 0 radical (unpaired) electrons. The molecule has 0 heterocycles. The third kappa shape index (κ3) is 35.5. The van der Waals surface area contributed by atoms with Crippen molar-refractivity contribution in [2.75, 3.05) is 6.54 Å². The predicted molar refractivity (Wildman–Crippen MR) is 216 cm³/mol. The lowest BCUT2D eigenvalue weighted by Gasteiger charge is -2.18. The molecule has 0 rings (SSSR count). The molecule has 0 aliphatic heterocycles. The van der Waals surface area contributed by atoms with Crippen molar-refractivity contribution in [1.29, 1.82) is 0 Å². The maximum Gasteiger partial charge on any atom is 0.326 e. The lowest BCUT2D eigenvalue weighted by Crippen LogP contribution is -2.40. The van der Waals surface area contributed by atoms with Gasteiger partial charge in [0.2, 0.25) is 5.91 Å². The summed E-state index contributed by atoms with van der Waals surface area (Å²) in [5.41, 5.74) is 5.48. The van der Waals surface area contributed by atoms with Crippen molar-refractivity contribution in [1.82, 2.24) is 5.32 Å². The van der Waals surface area contributed by atoms with Crippen LogP contribution in [0.4, 0.5) is 0 Å². The quantitative estimate of drug-likeness (QED) is 0.0335. The number of carbonyl (C=O) groups excluding carboxylic acids is 2. The third-order valence-electron chi connectivity index (χ3n) is 9.17. The first-order valence-electron chi connectivity index (χ1n) is 21.0. The van der Waals surface area contributed by atoms with Crippen LogP contribution in [0.3, 0.4) is 0 Å². The number of allylic oxidation sites excluding steroid dienone is 8. The number of carbonyl (C=O) groups is 3. The molecule has 0 aliphatic carbocycles. The fraction of sp³-hybridized carbons (Fsp3) is 0.750. The lowest BCUT2D eigenvalue weighted by molar-refractivity contribution is -0.149. The highest BCUT2D eigenvalue weighted by Gasteiger charge is 2.19. The zero-order valence-electron chi connectivity index (χ0n) is 32.9. The van der Waals surface area contributed by atoms with Crippen LogP contribution in [-0.4, -0.2) is 41.6 Å². The molecule has 0 aromatic rings. The van der Waals surface area contributed by atoms with Gasteiger partial charge in [-0.2, -0.15) is 0 Å². The van der Waals surface area contributed by atoms with E-state index in [4.69, 9.17) is 10.5 Å². The van der Waals surface area contributed by atoms with Gasteiger partial charge in [-0.1, -0.05) is 152 Å². The Labute approximate surface area is 313 Å². The van der Waals surface area contributed by atoms with Crippen LogP contribution in [0, 0.1) is 0 Å². The molecule has 7 heteroatoms. The Bertz CT molecular complexity index is 942. The van der Waals surface area contributed by atoms with Crippen molar-refractivity contribution in [3.63, 3.8) is 0 Å². The van der Waals surface area contributed by atoms with E-state index >= 15 is 0 Å². The van der Waals surface area contributed by atoms with Gasteiger partial charge in [0.15, 0.2) is 0 Å². The van der Waals surface area contributed by atoms with Gasteiger partial charge in [-0.25, -0.2) is 4.79 Å². The highest BCUT2D eigenvalue weighted by atomic mass is 16.5. The van der Waals surface area contributed by atoms with Crippen molar-refractivity contribution in [2.45, 2.75) is 206 Å². The van der Waals surface area contributed by atoms with E-state index in [1.165, 1.54) is 70.6 Å². The van der Waals surface area contributed by atoms with Gasteiger partial charge < -0.3 is 20.9 Å². The summed E-state index contributed by atoms with van der Waals surface area (Å²) < 4.78 is 5.99. The molecule has 7 nitrogen and oxygen atoms in total. The zero-order valence-corrected chi connectivity index (χ0v) is 32.9. The van der Waals surface area contributed by atoms with Crippen molar-refractivity contribution >= 4 is 17.8 Å². The number of rotatable bonds is 37. The van der Waals surface area contributed by atoms with Crippen molar-refractivity contribution in [3.8, 4) is 0 Å². The smallest absolute Gasteiger partial charge is 0.326 e. The van der Waals surface area contributed by atoms with Crippen LogP contribution in [0.5, 0.6) is 0 Å².